The van der Waals surface area contributed by atoms with Crippen LogP contribution in [0.5, 0.6) is 0 Å². The van der Waals surface area contributed by atoms with Crippen molar-refractivity contribution in [2.45, 2.75) is 105 Å². The number of hydrogen-bond acceptors (Lipinski definition) is 0. The number of benzene rings is 4. The number of allylic oxidation sites excluding steroid dienone is 4. The van der Waals surface area contributed by atoms with Crippen molar-refractivity contribution in [3.8, 4) is 11.1 Å². The average Bonchev–Trinajstić information content (AvgIpc) is 3.63. The molecule has 0 nitrogen and oxygen atoms in total. The van der Waals surface area contributed by atoms with Crippen LogP contribution in [0.25, 0.3) is 11.1 Å². The van der Waals surface area contributed by atoms with Crippen LogP contribution in [0.4, 0.5) is 26.3 Å². The molecule has 54 heavy (non-hydrogen) atoms. The molecule has 1 atom stereocenters. The van der Waals surface area contributed by atoms with Crippen molar-refractivity contribution in [3.05, 3.63) is 153 Å². The van der Waals surface area contributed by atoms with E-state index in [0.717, 1.165) is 30.7 Å². The maximum atomic E-state index is 11.8. The van der Waals surface area contributed by atoms with Crippen LogP contribution in [-0.4, -0.2) is 12.3 Å². The molecule has 2 aliphatic rings. The summed E-state index contributed by atoms with van der Waals surface area (Å²) >= 11 is 1.30. The minimum atomic E-state index is -4.24. The molecule has 0 fully saturated rings. The number of alkyl halides is 6. The minimum absolute atomic E-state index is 0.177. The van der Waals surface area contributed by atoms with E-state index in [1.807, 2.05) is 0 Å². The molecule has 0 radical (unpaired) electrons. The zero-order chi connectivity index (χ0) is 41.3. The van der Waals surface area contributed by atoms with Crippen LogP contribution in [0.1, 0.15) is 88.8 Å². The van der Waals surface area contributed by atoms with E-state index >= 15 is 0 Å². The Morgan fingerprint density at radius 2 is 1.17 bits per heavy atom. The third-order valence-electron chi connectivity index (χ3n) is 8.67. The standard InChI is InChI=1S/C21H25.C10H17Si.2C7H4F3.CH2.Zr/c1-20(2,3)16-9-7-14-11-15-8-10-17(21(4,5)6)13-19(15)18(14)12-16;1-8-6-9(2)10(7-8)11(3,4)5;2*8-7(9,10)6-4-2-1-3-5-6;;/h7,9-10,12-13H,11H2,1-6H3;7-8H,1-5H3;2*1-2,4-5H;1H2;/q4*-1;;. The Labute approximate surface area is 336 Å². The van der Waals surface area contributed by atoms with Gasteiger partial charge in [0, 0.05) is 0 Å². The van der Waals surface area contributed by atoms with Gasteiger partial charge in [-0.25, -0.2) is 10.8 Å². The molecule has 0 spiro atoms. The second kappa shape index (κ2) is 19.2. The average molecular weight is 838 g/mol. The Morgan fingerprint density at radius 3 is 1.50 bits per heavy atom. The molecule has 1 unspecified atom stereocenters. The summed E-state index contributed by atoms with van der Waals surface area (Å²) in [5.74, 6) is 0.553. The fraction of sp³-hybridized carbons (Fsp3) is 0.370. The first-order valence-corrected chi connectivity index (χ1v) is 23.0. The van der Waals surface area contributed by atoms with Crippen molar-refractivity contribution in [2.75, 3.05) is 0 Å². The fourth-order valence-corrected chi connectivity index (χ4v) is 7.72. The summed E-state index contributed by atoms with van der Waals surface area (Å²) in [7, 11) is -1.07. The fourth-order valence-electron chi connectivity index (χ4n) is 5.77. The topological polar surface area (TPSA) is 0 Å². The first-order chi connectivity index (χ1) is 24.8. The summed E-state index contributed by atoms with van der Waals surface area (Å²) in [6.07, 6.45) is -1.64. The van der Waals surface area contributed by atoms with Crippen molar-refractivity contribution in [1.29, 1.82) is 0 Å². The first-order valence-electron chi connectivity index (χ1n) is 17.7. The van der Waals surface area contributed by atoms with Crippen LogP contribution >= 0.6 is 0 Å². The summed E-state index contributed by atoms with van der Waals surface area (Å²) < 4.78 is 73.9. The van der Waals surface area contributed by atoms with E-state index in [-0.39, 0.29) is 10.8 Å². The predicted molar refractivity (Wildman–Crippen MR) is 212 cm³/mol. The molecular formula is C46H52F6SiZr-4. The van der Waals surface area contributed by atoms with Crippen molar-refractivity contribution < 1.29 is 50.6 Å². The summed E-state index contributed by atoms with van der Waals surface area (Å²) in [6, 6.07) is 29.1. The normalized spacial score (nSPS) is 14.9. The molecule has 8 heteroatoms. The first kappa shape index (κ1) is 47.1. The van der Waals surface area contributed by atoms with Crippen LogP contribution in [0.3, 0.4) is 0 Å². The zero-order valence-electron chi connectivity index (χ0n) is 33.3. The van der Waals surface area contributed by atoms with Gasteiger partial charge < -0.3 is 0 Å². The van der Waals surface area contributed by atoms with Gasteiger partial charge in [-0.05, 0) is 25.5 Å². The van der Waals surface area contributed by atoms with E-state index in [2.05, 4.69) is 140 Å². The monoisotopic (exact) mass is 836 g/mol. The quantitative estimate of drug-likeness (QED) is 0.0896. The molecule has 0 bridgehead atoms. The van der Waals surface area contributed by atoms with E-state index in [4.69, 9.17) is 0 Å². The van der Waals surface area contributed by atoms with E-state index in [9.17, 15) is 26.3 Å². The predicted octanol–water partition coefficient (Wildman–Crippen LogP) is 13.8. The van der Waals surface area contributed by atoms with E-state index < -0.39 is 31.6 Å². The summed E-state index contributed by atoms with van der Waals surface area (Å²) in [5, 5.41) is 1.60. The van der Waals surface area contributed by atoms with Crippen molar-refractivity contribution in [3.63, 3.8) is 0 Å². The third kappa shape index (κ3) is 14.2. The molecule has 0 amide bonds. The molecule has 0 aromatic heterocycles. The van der Waals surface area contributed by atoms with Crippen LogP contribution in [0, 0.1) is 30.2 Å². The summed E-state index contributed by atoms with van der Waals surface area (Å²) in [4.78, 5) is 0. The molecule has 290 valence electrons. The molecule has 4 aromatic rings. The van der Waals surface area contributed by atoms with Crippen LogP contribution in [-0.2, 0) is 53.8 Å². The number of hydrogen-bond donors (Lipinski definition) is 0. The Kier molecular flexibility index (Phi) is 16.7. The number of halogens is 6. The van der Waals surface area contributed by atoms with Gasteiger partial charge in [-0.15, -0.1) is 5.56 Å². The van der Waals surface area contributed by atoms with E-state index in [1.165, 1.54) is 87.5 Å². The number of rotatable bonds is 1. The van der Waals surface area contributed by atoms with Gasteiger partial charge in [-0.3, -0.25) is 6.08 Å². The summed E-state index contributed by atoms with van der Waals surface area (Å²) in [6.45, 7) is 25.2. The summed E-state index contributed by atoms with van der Waals surface area (Å²) in [5.41, 5.74) is 8.85. The second-order valence-electron chi connectivity index (χ2n) is 16.3. The van der Waals surface area contributed by atoms with Gasteiger partial charge in [-0.1, -0.05) is 127 Å². The Bertz CT molecular complexity index is 1740. The van der Waals surface area contributed by atoms with E-state index in [0.29, 0.717) is 5.92 Å². The van der Waals surface area contributed by atoms with Crippen molar-refractivity contribution in [1.82, 2.24) is 0 Å². The van der Waals surface area contributed by atoms with Crippen molar-refractivity contribution in [2.24, 2.45) is 5.92 Å². The van der Waals surface area contributed by atoms with Gasteiger partial charge in [0.2, 0.25) is 0 Å². The van der Waals surface area contributed by atoms with Crippen LogP contribution in [0.2, 0.25) is 19.6 Å². The second-order valence-corrected chi connectivity index (χ2v) is 21.3. The van der Waals surface area contributed by atoms with E-state index in [1.54, 1.807) is 5.20 Å². The maximum absolute atomic E-state index is 11.8. The molecule has 0 aliphatic heterocycles. The molecular weight excluding hydrogens is 786 g/mol. The SMILES string of the molecule is CC(C)(C)c1c[c-]c2c(c1)-c1cc(C(C)(C)C)ccc1C2.CC1=[C-]C(C)C=C1[Si](C)(C)C.FC(F)(F)c1c[c-]ccc1.FC(F)(F)c1c[c-]ccc1.[CH2]=[Zr]. The Hall–Kier alpha value is -3.09. The molecule has 0 heterocycles. The Morgan fingerprint density at radius 1 is 0.685 bits per heavy atom. The van der Waals surface area contributed by atoms with Gasteiger partial charge in [0.25, 0.3) is 0 Å². The number of fused-ring (bicyclic) bond motifs is 3. The van der Waals surface area contributed by atoms with Gasteiger partial charge in [0.1, 0.15) is 0 Å². The zero-order valence-corrected chi connectivity index (χ0v) is 36.8. The van der Waals surface area contributed by atoms with Gasteiger partial charge in [0.05, 0.1) is 0 Å². The molecule has 2 aliphatic carbocycles. The molecule has 0 saturated carbocycles. The molecule has 6 rings (SSSR count). The molecule has 0 N–H and O–H groups in total. The van der Waals surface area contributed by atoms with Crippen LogP contribution < -0.4 is 0 Å². The van der Waals surface area contributed by atoms with Gasteiger partial charge in [-0.2, -0.15) is 122 Å². The van der Waals surface area contributed by atoms with Gasteiger partial charge >= 0.3 is 40.8 Å². The van der Waals surface area contributed by atoms with Crippen molar-refractivity contribution >= 4 is 12.3 Å². The molecule has 0 saturated heterocycles. The van der Waals surface area contributed by atoms with Crippen LogP contribution in [0.15, 0.2) is 95.7 Å². The molecule has 4 aromatic carbocycles. The van der Waals surface area contributed by atoms with Gasteiger partial charge in [0.15, 0.2) is 0 Å². The third-order valence-corrected chi connectivity index (χ3v) is 10.8. The Balaban J connectivity index is 0.000000262.